The highest BCUT2D eigenvalue weighted by Gasteiger charge is 2.29. The highest BCUT2D eigenvalue weighted by molar-refractivity contribution is 6.30. The summed E-state index contributed by atoms with van der Waals surface area (Å²) in [7, 11) is 0. The van der Waals surface area contributed by atoms with Crippen LogP contribution in [0, 0.1) is 0 Å². The van der Waals surface area contributed by atoms with Gasteiger partial charge < -0.3 is 9.47 Å². The number of carbonyl (C=O) groups excluding carboxylic acids is 2. The first-order chi connectivity index (χ1) is 15.2. The molecule has 0 amide bonds. The Morgan fingerprint density at radius 3 is 2.22 bits per heavy atom. The minimum absolute atomic E-state index is 0.101. The molecule has 2 aromatic carbocycles. The third-order valence-electron chi connectivity index (χ3n) is 5.51. The second-order valence-corrected chi connectivity index (χ2v) is 9.12. The Hall–Kier alpha value is -2.33. The third kappa shape index (κ3) is 6.59. The van der Waals surface area contributed by atoms with Crippen molar-refractivity contribution in [1.82, 2.24) is 0 Å². The number of benzene rings is 2. The molecule has 0 bridgehead atoms. The predicted octanol–water partition coefficient (Wildman–Crippen LogP) is 7.64. The zero-order valence-corrected chi connectivity index (χ0v) is 20.8. The lowest BCUT2D eigenvalue weighted by Gasteiger charge is -2.24. The van der Waals surface area contributed by atoms with Crippen LogP contribution >= 0.6 is 11.6 Å². The van der Waals surface area contributed by atoms with Crippen molar-refractivity contribution in [1.29, 1.82) is 0 Å². The van der Waals surface area contributed by atoms with Gasteiger partial charge in [-0.25, -0.2) is 4.79 Å². The van der Waals surface area contributed by atoms with E-state index >= 15 is 0 Å². The number of hydrogen-bond donors (Lipinski definition) is 0. The standard InChI is InChI=1S/C27H35ClO4/c1-7-9-13-22(27(30)31-8-2)24-16-20(17(3)4)15-23(18(5)6)25(24)32-26(29)19-11-10-12-21(28)14-19/h10-12,14-18,22H,7-9,13H2,1-6H3. The molecule has 0 aliphatic rings. The Balaban J connectivity index is 2.67. The van der Waals surface area contributed by atoms with Gasteiger partial charge in [-0.3, -0.25) is 4.79 Å². The zero-order valence-electron chi connectivity index (χ0n) is 20.0. The van der Waals surface area contributed by atoms with E-state index < -0.39 is 11.9 Å². The van der Waals surface area contributed by atoms with E-state index in [1.807, 2.05) is 6.07 Å². The van der Waals surface area contributed by atoms with Gasteiger partial charge in [0, 0.05) is 10.6 Å². The third-order valence-corrected chi connectivity index (χ3v) is 5.74. The summed E-state index contributed by atoms with van der Waals surface area (Å²) in [6.45, 7) is 12.6. The number of hydrogen-bond acceptors (Lipinski definition) is 4. The monoisotopic (exact) mass is 458 g/mol. The lowest BCUT2D eigenvalue weighted by Crippen LogP contribution is -2.20. The van der Waals surface area contributed by atoms with E-state index in [-0.39, 0.29) is 17.8 Å². The molecule has 0 aliphatic carbocycles. The van der Waals surface area contributed by atoms with Crippen LogP contribution in [0.2, 0.25) is 5.02 Å². The molecule has 5 heteroatoms. The van der Waals surface area contributed by atoms with Crippen molar-refractivity contribution in [2.75, 3.05) is 6.61 Å². The fourth-order valence-corrected chi connectivity index (χ4v) is 3.85. The minimum atomic E-state index is -0.494. The minimum Gasteiger partial charge on any atom is -0.466 e. The maximum absolute atomic E-state index is 13.0. The lowest BCUT2D eigenvalue weighted by molar-refractivity contribution is -0.145. The van der Waals surface area contributed by atoms with Crippen LogP contribution in [0.5, 0.6) is 5.75 Å². The zero-order chi connectivity index (χ0) is 23.8. The Bertz CT molecular complexity index is 933. The lowest BCUT2D eigenvalue weighted by atomic mass is 9.85. The Kier molecular flexibility index (Phi) is 9.77. The number of ether oxygens (including phenoxy) is 2. The molecule has 4 nitrogen and oxygen atoms in total. The maximum atomic E-state index is 13.0. The van der Waals surface area contributed by atoms with Gasteiger partial charge in [-0.2, -0.15) is 0 Å². The van der Waals surface area contributed by atoms with E-state index in [2.05, 4.69) is 40.7 Å². The highest BCUT2D eigenvalue weighted by Crippen LogP contribution is 2.40. The summed E-state index contributed by atoms with van der Waals surface area (Å²) in [5.41, 5.74) is 3.11. The molecular weight excluding hydrogens is 424 g/mol. The second-order valence-electron chi connectivity index (χ2n) is 8.68. The Morgan fingerprint density at radius 1 is 0.969 bits per heavy atom. The van der Waals surface area contributed by atoms with Gasteiger partial charge in [0.05, 0.1) is 18.1 Å². The van der Waals surface area contributed by atoms with E-state index in [0.29, 0.717) is 29.4 Å². The molecule has 0 aromatic heterocycles. The maximum Gasteiger partial charge on any atom is 0.343 e. The van der Waals surface area contributed by atoms with Gasteiger partial charge in [-0.1, -0.05) is 77.3 Å². The molecule has 174 valence electrons. The first kappa shape index (κ1) is 25.9. The molecule has 0 aliphatic heterocycles. The van der Waals surface area contributed by atoms with Gasteiger partial charge in [-0.15, -0.1) is 0 Å². The quantitative estimate of drug-likeness (QED) is 0.271. The smallest absolute Gasteiger partial charge is 0.343 e. The van der Waals surface area contributed by atoms with Gasteiger partial charge in [-0.05, 0) is 54.5 Å². The predicted molar refractivity (Wildman–Crippen MR) is 130 cm³/mol. The summed E-state index contributed by atoms with van der Waals surface area (Å²) in [6, 6.07) is 10.8. The van der Waals surface area contributed by atoms with Crippen LogP contribution < -0.4 is 4.74 Å². The molecular formula is C27H35ClO4. The average molecular weight is 459 g/mol. The molecule has 1 atom stereocenters. The van der Waals surface area contributed by atoms with Crippen LogP contribution in [0.15, 0.2) is 36.4 Å². The van der Waals surface area contributed by atoms with E-state index in [1.54, 1.807) is 31.2 Å². The summed E-state index contributed by atoms with van der Waals surface area (Å²) >= 11 is 6.08. The topological polar surface area (TPSA) is 52.6 Å². The fourth-order valence-electron chi connectivity index (χ4n) is 3.66. The molecule has 32 heavy (non-hydrogen) atoms. The number of halogens is 1. The first-order valence-electron chi connectivity index (χ1n) is 11.5. The Labute approximate surface area is 197 Å². The van der Waals surface area contributed by atoms with E-state index in [1.165, 1.54) is 0 Å². The number of rotatable bonds is 10. The van der Waals surface area contributed by atoms with Gasteiger partial charge in [0.25, 0.3) is 0 Å². The molecule has 1 unspecified atom stereocenters. The van der Waals surface area contributed by atoms with Crippen molar-refractivity contribution in [2.24, 2.45) is 0 Å². The summed E-state index contributed by atoms with van der Waals surface area (Å²) in [5.74, 6) is -0.443. The summed E-state index contributed by atoms with van der Waals surface area (Å²) in [5, 5.41) is 0.464. The highest BCUT2D eigenvalue weighted by atomic mass is 35.5. The summed E-state index contributed by atoms with van der Waals surface area (Å²) in [6.07, 6.45) is 2.46. The number of esters is 2. The molecule has 0 spiro atoms. The SMILES string of the molecule is CCCCC(C(=O)OCC)c1cc(C(C)C)cc(C(C)C)c1OC(=O)c1cccc(Cl)c1. The second kappa shape index (κ2) is 12.1. The molecule has 2 rings (SSSR count). The van der Waals surface area contributed by atoms with Crippen LogP contribution in [-0.2, 0) is 9.53 Å². The molecule has 0 N–H and O–H groups in total. The molecule has 0 radical (unpaired) electrons. The van der Waals surface area contributed by atoms with E-state index in [0.717, 1.165) is 29.5 Å². The molecule has 2 aromatic rings. The van der Waals surface area contributed by atoms with Gasteiger partial charge >= 0.3 is 11.9 Å². The summed E-state index contributed by atoms with van der Waals surface area (Å²) < 4.78 is 11.4. The molecule has 0 saturated carbocycles. The van der Waals surface area contributed by atoms with Crippen LogP contribution in [-0.4, -0.2) is 18.5 Å². The molecule has 0 saturated heterocycles. The van der Waals surface area contributed by atoms with Crippen LogP contribution in [0.4, 0.5) is 0 Å². The van der Waals surface area contributed by atoms with E-state index in [4.69, 9.17) is 21.1 Å². The number of unbranched alkanes of at least 4 members (excludes halogenated alkanes) is 1. The normalized spacial score (nSPS) is 12.2. The first-order valence-corrected chi connectivity index (χ1v) is 11.9. The van der Waals surface area contributed by atoms with Crippen molar-refractivity contribution < 1.29 is 19.1 Å². The van der Waals surface area contributed by atoms with Crippen molar-refractivity contribution in [3.63, 3.8) is 0 Å². The van der Waals surface area contributed by atoms with Crippen molar-refractivity contribution in [3.05, 3.63) is 63.7 Å². The van der Waals surface area contributed by atoms with Crippen molar-refractivity contribution >= 4 is 23.5 Å². The number of carbonyl (C=O) groups is 2. The molecule has 0 heterocycles. The average Bonchev–Trinajstić information content (AvgIpc) is 2.74. The fraction of sp³-hybridized carbons (Fsp3) is 0.481. The van der Waals surface area contributed by atoms with Crippen LogP contribution in [0.1, 0.15) is 106 Å². The van der Waals surface area contributed by atoms with Gasteiger partial charge in [0.2, 0.25) is 0 Å². The Morgan fingerprint density at radius 2 is 1.66 bits per heavy atom. The largest absolute Gasteiger partial charge is 0.466 e. The molecule has 0 fully saturated rings. The van der Waals surface area contributed by atoms with Crippen molar-refractivity contribution in [3.8, 4) is 5.75 Å². The van der Waals surface area contributed by atoms with Crippen LogP contribution in [0.3, 0.4) is 0 Å². The van der Waals surface area contributed by atoms with Gasteiger partial charge in [0.1, 0.15) is 5.75 Å². The van der Waals surface area contributed by atoms with Crippen LogP contribution in [0.25, 0.3) is 0 Å². The summed E-state index contributed by atoms with van der Waals surface area (Å²) in [4.78, 5) is 26.0. The van der Waals surface area contributed by atoms with E-state index in [9.17, 15) is 9.59 Å². The van der Waals surface area contributed by atoms with Gasteiger partial charge in [0.15, 0.2) is 0 Å². The van der Waals surface area contributed by atoms with Crippen molar-refractivity contribution in [2.45, 2.75) is 78.6 Å².